The van der Waals surface area contributed by atoms with Crippen LogP contribution in [0.1, 0.15) is 11.3 Å². The van der Waals surface area contributed by atoms with Crippen LogP contribution in [0, 0.1) is 29.9 Å². The molecule has 0 saturated heterocycles. The number of nitrogens with one attached hydrogen (secondary N) is 1. The van der Waals surface area contributed by atoms with Gasteiger partial charge in [0, 0.05) is 6.07 Å². The molecular weight excluding hydrogens is 276 g/mol. The predicted molar refractivity (Wildman–Crippen MR) is 74.0 cm³/mol. The van der Waals surface area contributed by atoms with Crippen molar-refractivity contribution in [3.8, 4) is 11.8 Å². The average molecular weight is 289 g/mol. The number of nitriles is 1. The molecule has 21 heavy (non-hydrogen) atoms. The van der Waals surface area contributed by atoms with E-state index in [0.29, 0.717) is 18.1 Å². The van der Waals surface area contributed by atoms with Crippen LogP contribution in [0.15, 0.2) is 30.3 Å². The molecule has 1 heterocycles. The maximum absolute atomic E-state index is 13.3. The van der Waals surface area contributed by atoms with Crippen molar-refractivity contribution in [2.24, 2.45) is 0 Å². The second kappa shape index (κ2) is 6.66. The minimum Gasteiger partial charge on any atom is -0.489 e. The first kappa shape index (κ1) is 14.7. The first-order valence-electron chi connectivity index (χ1n) is 6.29. The molecule has 2 aromatic rings. The van der Waals surface area contributed by atoms with E-state index in [4.69, 9.17) is 10.00 Å². The molecule has 0 aliphatic rings. The second-order valence-corrected chi connectivity index (χ2v) is 4.32. The van der Waals surface area contributed by atoms with Gasteiger partial charge in [-0.25, -0.2) is 13.8 Å². The van der Waals surface area contributed by atoms with Crippen LogP contribution >= 0.6 is 0 Å². The van der Waals surface area contributed by atoms with E-state index in [1.54, 1.807) is 19.1 Å². The van der Waals surface area contributed by atoms with Gasteiger partial charge in [0.2, 0.25) is 0 Å². The van der Waals surface area contributed by atoms with Crippen molar-refractivity contribution >= 4 is 5.82 Å². The van der Waals surface area contributed by atoms with Crippen molar-refractivity contribution in [1.29, 1.82) is 5.26 Å². The van der Waals surface area contributed by atoms with Crippen LogP contribution in [0.5, 0.6) is 5.75 Å². The molecule has 4 nitrogen and oxygen atoms in total. The summed E-state index contributed by atoms with van der Waals surface area (Å²) < 4.78 is 31.2. The van der Waals surface area contributed by atoms with Crippen LogP contribution in [-0.2, 0) is 0 Å². The van der Waals surface area contributed by atoms with Gasteiger partial charge in [0.05, 0.1) is 6.54 Å². The van der Waals surface area contributed by atoms with E-state index < -0.39 is 11.6 Å². The number of pyridine rings is 1. The van der Waals surface area contributed by atoms with Crippen LogP contribution in [0.25, 0.3) is 0 Å². The van der Waals surface area contributed by atoms with Crippen LogP contribution in [0.4, 0.5) is 14.6 Å². The van der Waals surface area contributed by atoms with E-state index >= 15 is 0 Å². The molecule has 108 valence electrons. The summed E-state index contributed by atoms with van der Waals surface area (Å²) in [7, 11) is 0. The lowest BCUT2D eigenvalue weighted by Crippen LogP contribution is -2.13. The molecular formula is C15H13F2N3O. The van der Waals surface area contributed by atoms with Crippen molar-refractivity contribution in [1.82, 2.24) is 4.98 Å². The van der Waals surface area contributed by atoms with Gasteiger partial charge in [-0.2, -0.15) is 5.26 Å². The van der Waals surface area contributed by atoms with Crippen LogP contribution < -0.4 is 10.1 Å². The van der Waals surface area contributed by atoms with E-state index in [9.17, 15) is 8.78 Å². The number of nitrogens with zero attached hydrogens (tertiary/aromatic N) is 2. The third kappa shape index (κ3) is 3.89. The van der Waals surface area contributed by atoms with Crippen molar-refractivity contribution in [3.63, 3.8) is 0 Å². The Labute approximate surface area is 121 Å². The average Bonchev–Trinajstić information content (AvgIpc) is 2.47. The molecule has 1 aromatic heterocycles. The maximum Gasteiger partial charge on any atom is 0.167 e. The van der Waals surface area contributed by atoms with Gasteiger partial charge in [-0.05, 0) is 30.7 Å². The number of rotatable bonds is 5. The monoisotopic (exact) mass is 289 g/mol. The number of hydrogen-bond acceptors (Lipinski definition) is 4. The van der Waals surface area contributed by atoms with Crippen LogP contribution in [0.3, 0.4) is 0 Å². The summed E-state index contributed by atoms with van der Waals surface area (Å²) in [4.78, 5) is 4.11. The lowest BCUT2D eigenvalue weighted by atomic mass is 10.2. The molecule has 0 radical (unpaired) electrons. The maximum atomic E-state index is 13.3. The number of aromatic nitrogens is 1. The largest absolute Gasteiger partial charge is 0.489 e. The molecule has 0 spiro atoms. The summed E-state index contributed by atoms with van der Waals surface area (Å²) in [6.45, 7) is 2.35. The van der Waals surface area contributed by atoms with E-state index in [0.717, 1.165) is 17.7 Å². The minimum atomic E-state index is -0.741. The lowest BCUT2D eigenvalue weighted by Gasteiger charge is -2.09. The van der Waals surface area contributed by atoms with Gasteiger partial charge in [-0.15, -0.1) is 0 Å². The summed E-state index contributed by atoms with van der Waals surface area (Å²) in [5, 5.41) is 11.8. The molecule has 0 saturated carbocycles. The summed E-state index contributed by atoms with van der Waals surface area (Å²) in [6, 6.07) is 8.67. The number of hydrogen-bond donors (Lipinski definition) is 1. The highest BCUT2D eigenvalue weighted by atomic mass is 19.1. The fourth-order valence-electron chi connectivity index (χ4n) is 1.67. The molecule has 0 amide bonds. The highest BCUT2D eigenvalue weighted by molar-refractivity contribution is 5.42. The quantitative estimate of drug-likeness (QED) is 0.860. The van der Waals surface area contributed by atoms with Gasteiger partial charge in [0.25, 0.3) is 0 Å². The zero-order chi connectivity index (χ0) is 15.2. The van der Waals surface area contributed by atoms with Gasteiger partial charge >= 0.3 is 0 Å². The fourth-order valence-corrected chi connectivity index (χ4v) is 1.67. The molecule has 0 bridgehead atoms. The SMILES string of the molecule is Cc1ccc(NCCOc2ccc(F)cc2F)nc1C#N. The van der Waals surface area contributed by atoms with Crippen molar-refractivity contribution in [3.05, 3.63) is 53.2 Å². The molecule has 0 aliphatic heterocycles. The van der Waals surface area contributed by atoms with Crippen molar-refractivity contribution in [2.75, 3.05) is 18.5 Å². The van der Waals surface area contributed by atoms with Crippen molar-refractivity contribution < 1.29 is 13.5 Å². The predicted octanol–water partition coefficient (Wildman–Crippen LogP) is 3.03. The fraction of sp³-hybridized carbons (Fsp3) is 0.200. The number of halogens is 2. The Morgan fingerprint density at radius 3 is 2.81 bits per heavy atom. The number of anilines is 1. The number of benzene rings is 1. The molecule has 1 N–H and O–H groups in total. The summed E-state index contributed by atoms with van der Waals surface area (Å²) in [6.07, 6.45) is 0. The molecule has 0 unspecified atom stereocenters. The first-order valence-corrected chi connectivity index (χ1v) is 6.29. The molecule has 0 atom stereocenters. The normalized spacial score (nSPS) is 10.0. The number of aryl methyl sites for hydroxylation is 1. The topological polar surface area (TPSA) is 57.9 Å². The highest BCUT2D eigenvalue weighted by Gasteiger charge is 2.05. The van der Waals surface area contributed by atoms with Gasteiger partial charge in [-0.1, -0.05) is 6.07 Å². The second-order valence-electron chi connectivity index (χ2n) is 4.32. The lowest BCUT2D eigenvalue weighted by molar-refractivity contribution is 0.314. The number of ether oxygens (including phenoxy) is 1. The molecule has 0 fully saturated rings. The third-order valence-electron chi connectivity index (χ3n) is 2.76. The Balaban J connectivity index is 1.86. The standard InChI is InChI=1S/C15H13F2N3O/c1-10-2-5-15(20-13(10)9-18)19-6-7-21-14-4-3-11(16)8-12(14)17/h2-5,8H,6-7H2,1H3,(H,19,20). The minimum absolute atomic E-state index is 0.00669. The first-order chi connectivity index (χ1) is 10.1. The van der Waals surface area contributed by atoms with E-state index in [1.807, 2.05) is 6.07 Å². The molecule has 0 aliphatic carbocycles. The van der Waals surface area contributed by atoms with Gasteiger partial charge in [-0.3, -0.25) is 0 Å². The van der Waals surface area contributed by atoms with E-state index in [2.05, 4.69) is 10.3 Å². The zero-order valence-electron chi connectivity index (χ0n) is 11.4. The Morgan fingerprint density at radius 2 is 2.10 bits per heavy atom. The smallest absolute Gasteiger partial charge is 0.167 e. The van der Waals surface area contributed by atoms with Gasteiger partial charge in [0.15, 0.2) is 11.6 Å². The zero-order valence-corrected chi connectivity index (χ0v) is 11.4. The Morgan fingerprint density at radius 1 is 1.29 bits per heavy atom. The summed E-state index contributed by atoms with van der Waals surface area (Å²) in [5.41, 5.74) is 1.15. The van der Waals surface area contributed by atoms with Gasteiger partial charge in [0.1, 0.15) is 30.0 Å². The summed E-state index contributed by atoms with van der Waals surface area (Å²) >= 11 is 0. The van der Waals surface area contributed by atoms with Crippen molar-refractivity contribution in [2.45, 2.75) is 6.92 Å². The Kier molecular flexibility index (Phi) is 4.67. The van der Waals surface area contributed by atoms with Gasteiger partial charge < -0.3 is 10.1 Å². The van der Waals surface area contributed by atoms with E-state index in [1.165, 1.54) is 6.07 Å². The molecule has 6 heteroatoms. The Bertz CT molecular complexity index is 683. The summed E-state index contributed by atoms with van der Waals surface area (Å²) in [5.74, 6) is -0.853. The Hall–Kier alpha value is -2.68. The molecule has 2 rings (SSSR count). The third-order valence-corrected chi connectivity index (χ3v) is 2.76. The van der Waals surface area contributed by atoms with Crippen LogP contribution in [0.2, 0.25) is 0 Å². The highest BCUT2D eigenvalue weighted by Crippen LogP contribution is 2.17. The molecule has 1 aromatic carbocycles. The van der Waals surface area contributed by atoms with E-state index in [-0.39, 0.29) is 12.4 Å². The van der Waals surface area contributed by atoms with Crippen LogP contribution in [-0.4, -0.2) is 18.1 Å².